The Balaban J connectivity index is 2.12. The molecule has 0 aliphatic heterocycles. The van der Waals surface area contributed by atoms with Crippen LogP contribution < -0.4 is 5.56 Å². The largest absolute Gasteiger partial charge is 0.361 e. The second-order valence-corrected chi connectivity index (χ2v) is 12.9. The molecule has 9 heteroatoms. The van der Waals surface area contributed by atoms with Crippen LogP contribution in [0.25, 0.3) is 21.9 Å². The fourth-order valence-corrected chi connectivity index (χ4v) is 3.42. The molecule has 0 fully saturated rings. The van der Waals surface area contributed by atoms with Crippen LogP contribution >= 0.6 is 0 Å². The van der Waals surface area contributed by atoms with Gasteiger partial charge in [0.1, 0.15) is 12.2 Å². The Labute approximate surface area is 144 Å². The monoisotopic (exact) mass is 366 g/mol. The molecule has 134 valence electrons. The zero-order valence-electron chi connectivity index (χ0n) is 14.6. The van der Waals surface area contributed by atoms with Crippen LogP contribution in [0.15, 0.2) is 16.9 Å². The topological polar surface area (TPSA) is 61.9 Å². The number of halogens is 2. The van der Waals surface area contributed by atoms with Crippen molar-refractivity contribution in [1.82, 2.24) is 19.6 Å². The molecule has 0 N–H and O–H groups in total. The van der Waals surface area contributed by atoms with Crippen LogP contribution in [0.4, 0.5) is 8.78 Å². The average Bonchev–Trinajstić information content (AvgIpc) is 2.90. The van der Waals surface area contributed by atoms with E-state index in [9.17, 15) is 13.6 Å². The molecule has 0 atom stereocenters. The number of ether oxygens (including phenoxy) is 1. The Bertz CT molecular complexity index is 1010. The summed E-state index contributed by atoms with van der Waals surface area (Å²) in [5.41, 5.74) is 0.0781. The summed E-state index contributed by atoms with van der Waals surface area (Å²) in [4.78, 5) is 12.7. The SMILES string of the molecule is Cn1nnc2c1c1ccc(F)c(F)c1c(=O)n2COCC[Si](C)(C)C. The molecule has 1 aromatic carbocycles. The molecule has 3 aromatic rings. The maximum Gasteiger partial charge on any atom is 0.265 e. The van der Waals surface area contributed by atoms with E-state index in [4.69, 9.17) is 4.74 Å². The number of hydrogen-bond donors (Lipinski definition) is 0. The van der Waals surface area contributed by atoms with E-state index in [2.05, 4.69) is 30.0 Å². The number of benzene rings is 1. The first kappa shape index (κ1) is 17.7. The van der Waals surface area contributed by atoms with E-state index in [1.807, 2.05) is 0 Å². The lowest BCUT2D eigenvalue weighted by Gasteiger charge is -2.16. The summed E-state index contributed by atoms with van der Waals surface area (Å²) in [7, 11) is 0.363. The predicted octanol–water partition coefficient (Wildman–Crippen LogP) is 2.87. The van der Waals surface area contributed by atoms with Crippen molar-refractivity contribution in [1.29, 1.82) is 0 Å². The Hall–Kier alpha value is -2.13. The van der Waals surface area contributed by atoms with Crippen molar-refractivity contribution in [2.75, 3.05) is 6.61 Å². The number of fused-ring (bicyclic) bond motifs is 3. The normalized spacial score (nSPS) is 12.4. The van der Waals surface area contributed by atoms with E-state index >= 15 is 0 Å². The van der Waals surface area contributed by atoms with E-state index in [1.165, 1.54) is 15.3 Å². The lowest BCUT2D eigenvalue weighted by Crippen LogP contribution is -2.26. The highest BCUT2D eigenvalue weighted by Crippen LogP contribution is 2.24. The predicted molar refractivity (Wildman–Crippen MR) is 94.3 cm³/mol. The van der Waals surface area contributed by atoms with Crippen LogP contribution in [0.1, 0.15) is 0 Å². The molecule has 0 saturated carbocycles. The minimum Gasteiger partial charge on any atom is -0.361 e. The Morgan fingerprint density at radius 1 is 1.24 bits per heavy atom. The Morgan fingerprint density at radius 3 is 2.64 bits per heavy atom. The summed E-state index contributed by atoms with van der Waals surface area (Å²) in [6, 6.07) is 3.30. The minimum absolute atomic E-state index is 0.0790. The maximum atomic E-state index is 14.3. The maximum absolute atomic E-state index is 14.3. The van der Waals surface area contributed by atoms with E-state index in [-0.39, 0.29) is 17.5 Å². The second kappa shape index (κ2) is 6.30. The number of hydrogen-bond acceptors (Lipinski definition) is 4. The van der Waals surface area contributed by atoms with Crippen LogP contribution in [0.2, 0.25) is 25.7 Å². The Kier molecular flexibility index (Phi) is 4.46. The van der Waals surface area contributed by atoms with Gasteiger partial charge in [-0.15, -0.1) is 5.10 Å². The fraction of sp³-hybridized carbons (Fsp3) is 0.438. The zero-order valence-corrected chi connectivity index (χ0v) is 15.6. The van der Waals surface area contributed by atoms with Gasteiger partial charge in [0.15, 0.2) is 17.3 Å². The smallest absolute Gasteiger partial charge is 0.265 e. The highest BCUT2D eigenvalue weighted by atomic mass is 28.3. The second-order valence-electron chi connectivity index (χ2n) is 7.25. The van der Waals surface area contributed by atoms with Gasteiger partial charge < -0.3 is 4.74 Å². The first-order valence-corrected chi connectivity index (χ1v) is 11.7. The summed E-state index contributed by atoms with van der Waals surface area (Å²) in [5, 5.41) is 7.88. The van der Waals surface area contributed by atoms with Crippen molar-refractivity contribution in [3.05, 3.63) is 34.1 Å². The Morgan fingerprint density at radius 2 is 1.96 bits per heavy atom. The van der Waals surface area contributed by atoms with Gasteiger partial charge in [-0.3, -0.25) is 9.36 Å². The van der Waals surface area contributed by atoms with Gasteiger partial charge in [0.25, 0.3) is 5.56 Å². The van der Waals surface area contributed by atoms with Crippen molar-refractivity contribution in [3.63, 3.8) is 0 Å². The molecule has 0 unspecified atom stereocenters. The number of aryl methyl sites for hydroxylation is 1. The van der Waals surface area contributed by atoms with Crippen LogP contribution in [0, 0.1) is 11.6 Å². The van der Waals surface area contributed by atoms with E-state index in [1.54, 1.807) is 7.05 Å². The highest BCUT2D eigenvalue weighted by Gasteiger charge is 2.20. The van der Waals surface area contributed by atoms with Gasteiger partial charge >= 0.3 is 0 Å². The van der Waals surface area contributed by atoms with Crippen molar-refractivity contribution < 1.29 is 13.5 Å². The molecule has 25 heavy (non-hydrogen) atoms. The molecule has 2 heterocycles. The molecule has 6 nitrogen and oxygen atoms in total. The van der Waals surface area contributed by atoms with Gasteiger partial charge in [0.05, 0.1) is 5.39 Å². The third kappa shape index (κ3) is 3.21. The fourth-order valence-electron chi connectivity index (χ4n) is 2.67. The minimum atomic E-state index is -1.27. The molecule has 0 bridgehead atoms. The van der Waals surface area contributed by atoms with Crippen molar-refractivity contribution in [3.8, 4) is 0 Å². The summed E-state index contributed by atoms with van der Waals surface area (Å²) in [6.45, 7) is 7.07. The molecule has 3 rings (SSSR count). The van der Waals surface area contributed by atoms with E-state index in [0.29, 0.717) is 17.8 Å². The van der Waals surface area contributed by atoms with E-state index in [0.717, 1.165) is 12.1 Å². The standard InChI is InChI=1S/C16H20F2N4O2Si/c1-21-14-10-5-6-11(17)13(18)12(10)16(23)22(15(14)19-20-21)9-24-7-8-25(2,3)4/h5-6H,7-9H2,1-4H3. The van der Waals surface area contributed by atoms with Crippen molar-refractivity contribution in [2.45, 2.75) is 32.4 Å². The third-order valence-electron chi connectivity index (χ3n) is 4.09. The first-order chi connectivity index (χ1) is 11.7. The van der Waals surface area contributed by atoms with Gasteiger partial charge in [-0.1, -0.05) is 24.9 Å². The third-order valence-corrected chi connectivity index (χ3v) is 5.79. The quantitative estimate of drug-likeness (QED) is 0.515. The number of aromatic nitrogens is 4. The van der Waals surface area contributed by atoms with Gasteiger partial charge in [-0.2, -0.15) is 0 Å². The van der Waals surface area contributed by atoms with Crippen molar-refractivity contribution in [2.24, 2.45) is 7.05 Å². The van der Waals surface area contributed by atoms with Crippen LogP contribution in [-0.4, -0.2) is 34.2 Å². The molecule has 0 saturated heterocycles. The van der Waals surface area contributed by atoms with E-state index < -0.39 is 25.3 Å². The lowest BCUT2D eigenvalue weighted by atomic mass is 10.1. The molecule has 0 radical (unpaired) electrons. The molecule has 0 spiro atoms. The van der Waals surface area contributed by atoms with Gasteiger partial charge in [0.2, 0.25) is 0 Å². The average molecular weight is 366 g/mol. The van der Waals surface area contributed by atoms with Crippen LogP contribution in [0.5, 0.6) is 0 Å². The molecular weight excluding hydrogens is 346 g/mol. The lowest BCUT2D eigenvalue weighted by molar-refractivity contribution is 0.0877. The zero-order chi connectivity index (χ0) is 18.4. The molecule has 2 aromatic heterocycles. The van der Waals surface area contributed by atoms with Gasteiger partial charge in [0, 0.05) is 27.1 Å². The molecule has 0 aliphatic rings. The summed E-state index contributed by atoms with van der Waals surface area (Å²) < 4.78 is 36.2. The number of nitrogens with zero attached hydrogens (tertiary/aromatic N) is 4. The summed E-state index contributed by atoms with van der Waals surface area (Å²) >= 11 is 0. The summed E-state index contributed by atoms with van der Waals surface area (Å²) in [5.74, 6) is -2.23. The summed E-state index contributed by atoms with van der Waals surface area (Å²) in [6.07, 6.45) is 0. The highest BCUT2D eigenvalue weighted by molar-refractivity contribution is 6.76. The van der Waals surface area contributed by atoms with Crippen LogP contribution in [-0.2, 0) is 18.5 Å². The molecule has 0 aliphatic carbocycles. The molecular formula is C16H20F2N4O2Si. The molecule has 0 amide bonds. The first-order valence-electron chi connectivity index (χ1n) is 7.98. The van der Waals surface area contributed by atoms with Gasteiger partial charge in [-0.25, -0.2) is 13.5 Å². The van der Waals surface area contributed by atoms with Crippen molar-refractivity contribution >= 4 is 30.0 Å². The van der Waals surface area contributed by atoms with Crippen LogP contribution in [0.3, 0.4) is 0 Å². The van der Waals surface area contributed by atoms with Gasteiger partial charge in [-0.05, 0) is 18.2 Å². The number of rotatable bonds is 5. The number of pyridine rings is 1.